The van der Waals surface area contributed by atoms with Crippen molar-refractivity contribution in [1.29, 1.82) is 0 Å². The van der Waals surface area contributed by atoms with Crippen LogP contribution in [0.1, 0.15) is 40.5 Å². The fourth-order valence-electron chi connectivity index (χ4n) is 2.05. The van der Waals surface area contributed by atoms with Gasteiger partial charge in [0.2, 0.25) is 5.91 Å². The monoisotopic (exact) mass is 212 g/mol. The molecule has 1 aliphatic rings. The van der Waals surface area contributed by atoms with Crippen LogP contribution in [-0.4, -0.2) is 29.9 Å². The van der Waals surface area contributed by atoms with Gasteiger partial charge in [0.15, 0.2) is 0 Å². The lowest BCUT2D eigenvalue weighted by molar-refractivity contribution is -0.132. The Labute approximate surface area is 93.0 Å². The molecule has 1 amide bonds. The standard InChI is InChI=1S/C12H24N2O/c1-5-10(13)11(15)14-7-6-12(4,8-14)9(2)3/h9-10H,5-8,13H2,1-4H3/t10-,12+/m1/s1. The van der Waals surface area contributed by atoms with Gasteiger partial charge in [-0.25, -0.2) is 0 Å². The first-order valence-corrected chi connectivity index (χ1v) is 5.95. The van der Waals surface area contributed by atoms with E-state index in [0.717, 1.165) is 25.9 Å². The maximum atomic E-state index is 11.9. The van der Waals surface area contributed by atoms with Gasteiger partial charge in [-0.2, -0.15) is 0 Å². The van der Waals surface area contributed by atoms with E-state index in [9.17, 15) is 4.79 Å². The van der Waals surface area contributed by atoms with Crippen LogP contribution < -0.4 is 5.73 Å². The average molecular weight is 212 g/mol. The Hall–Kier alpha value is -0.570. The van der Waals surface area contributed by atoms with Crippen LogP contribution in [0, 0.1) is 11.3 Å². The molecule has 3 nitrogen and oxygen atoms in total. The first kappa shape index (κ1) is 12.5. The van der Waals surface area contributed by atoms with Crippen molar-refractivity contribution in [3.05, 3.63) is 0 Å². The quantitative estimate of drug-likeness (QED) is 0.772. The highest BCUT2D eigenvalue weighted by Crippen LogP contribution is 2.37. The third kappa shape index (κ3) is 2.51. The Bertz CT molecular complexity index is 240. The maximum Gasteiger partial charge on any atom is 0.239 e. The summed E-state index contributed by atoms with van der Waals surface area (Å²) >= 11 is 0. The van der Waals surface area contributed by atoms with Gasteiger partial charge in [-0.05, 0) is 24.2 Å². The summed E-state index contributed by atoms with van der Waals surface area (Å²) in [4.78, 5) is 13.8. The number of rotatable bonds is 3. The molecule has 0 bridgehead atoms. The third-order valence-electron chi connectivity index (χ3n) is 3.97. The van der Waals surface area contributed by atoms with Crippen LogP contribution in [0.25, 0.3) is 0 Å². The van der Waals surface area contributed by atoms with Crippen molar-refractivity contribution in [3.63, 3.8) is 0 Å². The van der Waals surface area contributed by atoms with Gasteiger partial charge < -0.3 is 10.6 Å². The van der Waals surface area contributed by atoms with Gasteiger partial charge in [0.1, 0.15) is 0 Å². The number of hydrogen-bond donors (Lipinski definition) is 1. The van der Waals surface area contributed by atoms with Crippen LogP contribution in [0.5, 0.6) is 0 Å². The summed E-state index contributed by atoms with van der Waals surface area (Å²) < 4.78 is 0. The highest BCUT2D eigenvalue weighted by molar-refractivity contribution is 5.81. The number of likely N-dealkylation sites (tertiary alicyclic amines) is 1. The average Bonchev–Trinajstić information content (AvgIpc) is 2.60. The van der Waals surface area contributed by atoms with Crippen LogP contribution in [0.15, 0.2) is 0 Å². The molecular formula is C12H24N2O. The highest BCUT2D eigenvalue weighted by Gasteiger charge is 2.38. The van der Waals surface area contributed by atoms with E-state index < -0.39 is 0 Å². The molecular weight excluding hydrogens is 188 g/mol. The summed E-state index contributed by atoms with van der Waals surface area (Å²) in [7, 11) is 0. The Morgan fingerprint density at radius 2 is 2.13 bits per heavy atom. The molecule has 1 heterocycles. The zero-order valence-electron chi connectivity index (χ0n) is 10.4. The van der Waals surface area contributed by atoms with Crippen molar-refractivity contribution in [2.45, 2.75) is 46.6 Å². The Morgan fingerprint density at radius 3 is 2.53 bits per heavy atom. The molecule has 15 heavy (non-hydrogen) atoms. The first-order chi connectivity index (χ1) is 6.90. The van der Waals surface area contributed by atoms with Gasteiger partial charge >= 0.3 is 0 Å². The molecule has 3 heteroatoms. The summed E-state index contributed by atoms with van der Waals surface area (Å²) in [6.45, 7) is 10.4. The van der Waals surface area contributed by atoms with Crippen molar-refractivity contribution in [3.8, 4) is 0 Å². The molecule has 0 unspecified atom stereocenters. The lowest BCUT2D eigenvalue weighted by atomic mass is 9.78. The smallest absolute Gasteiger partial charge is 0.239 e. The van der Waals surface area contributed by atoms with Crippen LogP contribution in [-0.2, 0) is 4.79 Å². The van der Waals surface area contributed by atoms with E-state index in [1.54, 1.807) is 0 Å². The van der Waals surface area contributed by atoms with E-state index in [1.165, 1.54) is 0 Å². The van der Waals surface area contributed by atoms with Gasteiger partial charge in [-0.15, -0.1) is 0 Å². The number of carbonyl (C=O) groups is 1. The first-order valence-electron chi connectivity index (χ1n) is 5.95. The second-order valence-corrected chi connectivity index (χ2v) is 5.33. The van der Waals surface area contributed by atoms with Crippen LogP contribution in [0.2, 0.25) is 0 Å². The van der Waals surface area contributed by atoms with Crippen molar-refractivity contribution >= 4 is 5.91 Å². The second kappa shape index (κ2) is 4.52. The van der Waals surface area contributed by atoms with Gasteiger partial charge in [0, 0.05) is 13.1 Å². The lowest BCUT2D eigenvalue weighted by Gasteiger charge is -2.29. The molecule has 1 fully saturated rings. The number of hydrogen-bond acceptors (Lipinski definition) is 2. The summed E-state index contributed by atoms with van der Waals surface area (Å²) in [6, 6.07) is -0.306. The topological polar surface area (TPSA) is 46.3 Å². The van der Waals surface area contributed by atoms with E-state index in [0.29, 0.717) is 5.92 Å². The minimum Gasteiger partial charge on any atom is -0.341 e. The number of carbonyl (C=O) groups excluding carboxylic acids is 1. The molecule has 2 atom stereocenters. The molecule has 88 valence electrons. The van der Waals surface area contributed by atoms with E-state index >= 15 is 0 Å². The van der Waals surface area contributed by atoms with Gasteiger partial charge in [0.25, 0.3) is 0 Å². The van der Waals surface area contributed by atoms with E-state index in [1.807, 2.05) is 11.8 Å². The van der Waals surface area contributed by atoms with Gasteiger partial charge in [-0.1, -0.05) is 27.7 Å². The Kier molecular flexibility index (Phi) is 3.77. The van der Waals surface area contributed by atoms with E-state index in [2.05, 4.69) is 20.8 Å². The molecule has 0 aromatic rings. The molecule has 0 aromatic carbocycles. The van der Waals surface area contributed by atoms with Gasteiger partial charge in [-0.3, -0.25) is 4.79 Å². The molecule has 0 spiro atoms. The summed E-state index contributed by atoms with van der Waals surface area (Å²) in [6.07, 6.45) is 1.83. The number of amides is 1. The third-order valence-corrected chi connectivity index (χ3v) is 3.97. The normalized spacial score (nSPS) is 28.5. The van der Waals surface area contributed by atoms with Crippen LogP contribution >= 0.6 is 0 Å². The molecule has 1 rings (SSSR count). The SMILES string of the molecule is CC[C@@H](N)C(=O)N1CC[C@](C)(C(C)C)C1. The minimum atomic E-state index is -0.306. The predicted molar refractivity (Wildman–Crippen MR) is 62.4 cm³/mol. The summed E-state index contributed by atoms with van der Waals surface area (Å²) in [5, 5.41) is 0. The van der Waals surface area contributed by atoms with Gasteiger partial charge in [0.05, 0.1) is 6.04 Å². The fraction of sp³-hybridized carbons (Fsp3) is 0.917. The molecule has 2 N–H and O–H groups in total. The van der Waals surface area contributed by atoms with Crippen molar-refractivity contribution < 1.29 is 4.79 Å². The zero-order chi connectivity index (χ0) is 11.6. The van der Waals surface area contributed by atoms with E-state index in [-0.39, 0.29) is 17.4 Å². The van der Waals surface area contributed by atoms with Crippen molar-refractivity contribution in [2.24, 2.45) is 17.1 Å². The fourth-order valence-corrected chi connectivity index (χ4v) is 2.05. The molecule has 0 radical (unpaired) electrons. The van der Waals surface area contributed by atoms with Crippen molar-refractivity contribution in [1.82, 2.24) is 4.90 Å². The van der Waals surface area contributed by atoms with Crippen LogP contribution in [0.4, 0.5) is 0 Å². The zero-order valence-corrected chi connectivity index (χ0v) is 10.4. The van der Waals surface area contributed by atoms with Crippen LogP contribution in [0.3, 0.4) is 0 Å². The number of nitrogens with zero attached hydrogens (tertiary/aromatic N) is 1. The molecule has 0 saturated carbocycles. The molecule has 0 aliphatic carbocycles. The molecule has 0 aromatic heterocycles. The maximum absolute atomic E-state index is 11.9. The molecule has 1 saturated heterocycles. The number of nitrogens with two attached hydrogens (primary N) is 1. The predicted octanol–water partition coefficient (Wildman–Crippen LogP) is 1.62. The summed E-state index contributed by atoms with van der Waals surface area (Å²) in [5.74, 6) is 0.745. The lowest BCUT2D eigenvalue weighted by Crippen LogP contribution is -2.43. The molecule has 1 aliphatic heterocycles. The Balaban J connectivity index is 2.60. The largest absolute Gasteiger partial charge is 0.341 e. The minimum absolute atomic E-state index is 0.127. The highest BCUT2D eigenvalue weighted by atomic mass is 16.2. The summed E-state index contributed by atoms with van der Waals surface area (Å²) in [5.41, 5.74) is 6.05. The second-order valence-electron chi connectivity index (χ2n) is 5.33. The Morgan fingerprint density at radius 1 is 1.53 bits per heavy atom. The van der Waals surface area contributed by atoms with E-state index in [4.69, 9.17) is 5.73 Å². The van der Waals surface area contributed by atoms with Crippen molar-refractivity contribution in [2.75, 3.05) is 13.1 Å².